The highest BCUT2D eigenvalue weighted by Gasteiger charge is 2.16. The predicted octanol–water partition coefficient (Wildman–Crippen LogP) is 2.50. The fraction of sp³-hybridized carbons (Fsp3) is 0.375. The summed E-state index contributed by atoms with van der Waals surface area (Å²) in [6.45, 7) is 5.49. The normalized spacial score (nSPS) is 11.1. The number of nitrogens with zero attached hydrogens (tertiary/aromatic N) is 2. The lowest BCUT2D eigenvalue weighted by atomic mass is 10.3. The van der Waals surface area contributed by atoms with E-state index < -0.39 is 10.0 Å². The molecule has 0 unspecified atom stereocenters. The van der Waals surface area contributed by atoms with Gasteiger partial charge < -0.3 is 16.4 Å². The number of anilines is 4. The minimum atomic E-state index is -3.76. The number of benzene rings is 1. The Morgan fingerprint density at radius 3 is 2.20 bits per heavy atom. The van der Waals surface area contributed by atoms with Gasteiger partial charge in [-0.2, -0.15) is 9.97 Å². The molecular weight excluding hydrogens is 340 g/mol. The molecule has 5 N–H and O–H groups in total. The first-order valence-corrected chi connectivity index (χ1v) is 9.68. The van der Waals surface area contributed by atoms with Crippen molar-refractivity contribution < 1.29 is 8.42 Å². The molecule has 0 radical (unpaired) electrons. The molecular formula is C16H24N6O2S. The van der Waals surface area contributed by atoms with Crippen molar-refractivity contribution in [2.24, 2.45) is 0 Å². The highest BCUT2D eigenvalue weighted by Crippen LogP contribution is 2.19. The highest BCUT2D eigenvalue weighted by molar-refractivity contribution is 7.92. The molecule has 1 aromatic carbocycles. The summed E-state index contributed by atoms with van der Waals surface area (Å²) in [7, 11) is -3.76. The van der Waals surface area contributed by atoms with Crippen molar-refractivity contribution in [1.82, 2.24) is 9.97 Å². The molecule has 0 aliphatic rings. The molecule has 0 spiro atoms. The Balaban J connectivity index is 2.27. The van der Waals surface area contributed by atoms with Gasteiger partial charge >= 0.3 is 0 Å². The lowest BCUT2D eigenvalue weighted by molar-refractivity contribution is 0.601. The molecule has 0 atom stereocenters. The van der Waals surface area contributed by atoms with Crippen LogP contribution in [0.4, 0.5) is 23.3 Å². The van der Waals surface area contributed by atoms with E-state index in [1.165, 1.54) is 24.3 Å². The van der Waals surface area contributed by atoms with Gasteiger partial charge in [-0.3, -0.25) is 4.72 Å². The van der Waals surface area contributed by atoms with E-state index in [-0.39, 0.29) is 10.7 Å². The number of hydrogen-bond donors (Lipinski definition) is 4. The van der Waals surface area contributed by atoms with E-state index in [2.05, 4.69) is 25.3 Å². The van der Waals surface area contributed by atoms with Crippen molar-refractivity contribution in [3.05, 3.63) is 30.3 Å². The van der Waals surface area contributed by atoms with Crippen LogP contribution in [0.25, 0.3) is 0 Å². The molecule has 0 aliphatic heterocycles. The first kappa shape index (κ1) is 18.8. The molecule has 1 heterocycles. The highest BCUT2D eigenvalue weighted by atomic mass is 32.2. The predicted molar refractivity (Wildman–Crippen MR) is 101 cm³/mol. The van der Waals surface area contributed by atoms with Gasteiger partial charge in [0.15, 0.2) is 0 Å². The van der Waals surface area contributed by atoms with Gasteiger partial charge in [-0.05, 0) is 37.1 Å². The van der Waals surface area contributed by atoms with E-state index in [1.54, 1.807) is 6.07 Å². The summed E-state index contributed by atoms with van der Waals surface area (Å²) in [4.78, 5) is 8.69. The smallest absolute Gasteiger partial charge is 0.263 e. The Morgan fingerprint density at radius 1 is 0.960 bits per heavy atom. The number of nitrogen functional groups attached to an aromatic ring is 1. The summed E-state index contributed by atoms with van der Waals surface area (Å²) in [6, 6.07) is 7.55. The quantitative estimate of drug-likeness (QED) is 0.504. The van der Waals surface area contributed by atoms with Gasteiger partial charge in [-0.25, -0.2) is 8.42 Å². The second-order valence-corrected chi connectivity index (χ2v) is 7.17. The zero-order valence-corrected chi connectivity index (χ0v) is 15.2. The maximum Gasteiger partial charge on any atom is 0.263 e. The minimum absolute atomic E-state index is 0.117. The van der Waals surface area contributed by atoms with Crippen LogP contribution in [0.1, 0.15) is 26.7 Å². The second kappa shape index (κ2) is 8.52. The lowest BCUT2D eigenvalue weighted by Crippen LogP contribution is -2.16. The third-order valence-corrected chi connectivity index (χ3v) is 4.62. The van der Waals surface area contributed by atoms with Gasteiger partial charge in [-0.15, -0.1) is 0 Å². The number of hydrogen-bond acceptors (Lipinski definition) is 7. The van der Waals surface area contributed by atoms with Crippen LogP contribution in [0.5, 0.6) is 0 Å². The molecule has 0 fully saturated rings. The Morgan fingerprint density at radius 2 is 1.56 bits per heavy atom. The standard InChI is InChI=1S/C16H24N6O2S/c1-3-9-18-14-11-15(21-16(20-14)19-10-4-2)22-25(23,24)13-7-5-12(17)6-8-13/h5-8,11H,3-4,9-10,17H2,1-2H3,(H3,18,19,20,21,22). The molecule has 0 saturated carbocycles. The van der Waals surface area contributed by atoms with Crippen LogP contribution in [0.2, 0.25) is 0 Å². The van der Waals surface area contributed by atoms with E-state index in [4.69, 9.17) is 5.73 Å². The van der Waals surface area contributed by atoms with Gasteiger partial charge in [0, 0.05) is 24.8 Å². The summed E-state index contributed by atoms with van der Waals surface area (Å²) in [5.74, 6) is 1.13. The maximum atomic E-state index is 12.5. The van der Waals surface area contributed by atoms with Crippen molar-refractivity contribution >= 4 is 33.3 Å². The summed E-state index contributed by atoms with van der Waals surface area (Å²) < 4.78 is 27.5. The number of nitrogens with one attached hydrogen (secondary N) is 3. The summed E-state index contributed by atoms with van der Waals surface area (Å²) in [5, 5.41) is 6.21. The molecule has 1 aromatic heterocycles. The molecule has 8 nitrogen and oxygen atoms in total. The Labute approximate surface area is 148 Å². The molecule has 0 saturated heterocycles. The van der Waals surface area contributed by atoms with Crippen LogP contribution in [-0.2, 0) is 10.0 Å². The number of nitrogens with two attached hydrogens (primary N) is 1. The summed E-state index contributed by atoms with van der Waals surface area (Å²) in [6.07, 6.45) is 1.83. The average Bonchev–Trinajstić information content (AvgIpc) is 2.58. The van der Waals surface area contributed by atoms with Crippen LogP contribution in [0.15, 0.2) is 35.2 Å². The molecule has 25 heavy (non-hydrogen) atoms. The van der Waals surface area contributed by atoms with E-state index in [0.717, 1.165) is 19.4 Å². The van der Waals surface area contributed by atoms with Crippen molar-refractivity contribution in [1.29, 1.82) is 0 Å². The van der Waals surface area contributed by atoms with Gasteiger partial charge in [0.05, 0.1) is 4.90 Å². The topological polar surface area (TPSA) is 122 Å². The molecule has 0 aliphatic carbocycles. The molecule has 136 valence electrons. The molecule has 2 aromatic rings. The van der Waals surface area contributed by atoms with E-state index >= 15 is 0 Å². The SMILES string of the molecule is CCCNc1cc(NS(=O)(=O)c2ccc(N)cc2)nc(NCCC)n1. The van der Waals surface area contributed by atoms with Gasteiger partial charge in [0.2, 0.25) is 5.95 Å². The van der Waals surface area contributed by atoms with Crippen LogP contribution in [0, 0.1) is 0 Å². The van der Waals surface area contributed by atoms with E-state index in [9.17, 15) is 8.42 Å². The molecule has 0 amide bonds. The van der Waals surface area contributed by atoms with Crippen molar-refractivity contribution in [2.75, 3.05) is 34.2 Å². The Hall–Kier alpha value is -2.55. The average molecular weight is 364 g/mol. The Kier molecular flexibility index (Phi) is 6.40. The fourth-order valence-corrected chi connectivity index (χ4v) is 2.99. The monoisotopic (exact) mass is 364 g/mol. The van der Waals surface area contributed by atoms with Crippen LogP contribution in [-0.4, -0.2) is 31.5 Å². The van der Waals surface area contributed by atoms with Crippen molar-refractivity contribution in [3.8, 4) is 0 Å². The number of sulfonamides is 1. The van der Waals surface area contributed by atoms with E-state index in [1.807, 2.05) is 13.8 Å². The van der Waals surface area contributed by atoms with Crippen LogP contribution in [0.3, 0.4) is 0 Å². The van der Waals surface area contributed by atoms with Gasteiger partial charge in [-0.1, -0.05) is 13.8 Å². The zero-order valence-electron chi connectivity index (χ0n) is 14.4. The number of aromatic nitrogens is 2. The third-order valence-electron chi connectivity index (χ3n) is 3.24. The largest absolute Gasteiger partial charge is 0.399 e. The van der Waals surface area contributed by atoms with Crippen LogP contribution < -0.4 is 21.1 Å². The third kappa shape index (κ3) is 5.49. The van der Waals surface area contributed by atoms with Gasteiger partial charge in [0.1, 0.15) is 11.6 Å². The fourth-order valence-electron chi connectivity index (χ4n) is 2.00. The second-order valence-electron chi connectivity index (χ2n) is 5.49. The van der Waals surface area contributed by atoms with Gasteiger partial charge in [0.25, 0.3) is 10.0 Å². The Bertz CT molecular complexity index is 767. The minimum Gasteiger partial charge on any atom is -0.399 e. The van der Waals surface area contributed by atoms with Crippen molar-refractivity contribution in [2.45, 2.75) is 31.6 Å². The molecule has 9 heteroatoms. The first-order valence-electron chi connectivity index (χ1n) is 8.19. The molecule has 0 bridgehead atoms. The van der Waals surface area contributed by atoms with Crippen molar-refractivity contribution in [3.63, 3.8) is 0 Å². The molecule has 2 rings (SSSR count). The summed E-state index contributed by atoms with van der Waals surface area (Å²) >= 11 is 0. The number of rotatable bonds is 9. The lowest BCUT2D eigenvalue weighted by Gasteiger charge is -2.12. The maximum absolute atomic E-state index is 12.5. The van der Waals surface area contributed by atoms with Crippen LogP contribution >= 0.6 is 0 Å². The summed E-state index contributed by atoms with van der Waals surface area (Å²) in [5.41, 5.74) is 6.10. The van der Waals surface area contributed by atoms with E-state index in [0.29, 0.717) is 24.0 Å². The first-order chi connectivity index (χ1) is 11.9. The zero-order chi connectivity index (χ0) is 18.3.